The highest BCUT2D eigenvalue weighted by Crippen LogP contribution is 2.34. The Hall–Kier alpha value is -1.46. The second kappa shape index (κ2) is 5.05. The molecule has 2 N–H and O–H groups in total. The largest absolute Gasteiger partial charge is 0.480 e. The molecule has 0 aliphatic heterocycles. The molecule has 0 heterocycles. The molecule has 0 atom stereocenters. The number of ether oxygens (including phenoxy) is 1. The van der Waals surface area contributed by atoms with Gasteiger partial charge in [-0.3, -0.25) is 0 Å². The average Bonchev–Trinajstić information content (AvgIpc) is 2.19. The van der Waals surface area contributed by atoms with Crippen molar-refractivity contribution >= 4 is 35.1 Å². The van der Waals surface area contributed by atoms with Crippen LogP contribution in [0.5, 0.6) is 5.75 Å². The summed E-state index contributed by atoms with van der Waals surface area (Å²) in [5, 5.41) is 16.8. The zero-order chi connectivity index (χ0) is 12.3. The fraction of sp³-hybridized carbons (Fsp3) is 0.111. The zero-order valence-electron chi connectivity index (χ0n) is 7.74. The van der Waals surface area contributed by atoms with Gasteiger partial charge in [0.15, 0.2) is 6.61 Å². The van der Waals surface area contributed by atoms with Gasteiger partial charge in [0.05, 0.1) is 10.6 Å². The topological polar surface area (TPSA) is 83.8 Å². The van der Waals surface area contributed by atoms with E-state index < -0.39 is 18.5 Å². The maximum atomic E-state index is 10.7. The number of carboxylic acids is 2. The molecule has 1 rings (SSSR count). The van der Waals surface area contributed by atoms with Gasteiger partial charge in [0.2, 0.25) is 0 Å². The van der Waals surface area contributed by atoms with E-state index in [9.17, 15) is 9.59 Å². The Balaban J connectivity index is 3.02. The fourth-order valence-electron chi connectivity index (χ4n) is 0.948. The molecule has 7 heteroatoms. The smallest absolute Gasteiger partial charge is 0.341 e. The molecule has 0 saturated heterocycles. The summed E-state index contributed by atoms with van der Waals surface area (Å²) in [5.74, 6) is -2.37. The third-order valence-electron chi connectivity index (χ3n) is 1.63. The van der Waals surface area contributed by atoms with Crippen molar-refractivity contribution in [1.29, 1.82) is 0 Å². The van der Waals surface area contributed by atoms with Gasteiger partial charge in [-0.15, -0.1) is 0 Å². The molecule has 0 aliphatic rings. The van der Waals surface area contributed by atoms with E-state index in [1.807, 2.05) is 0 Å². The predicted octanol–water partition coefficient (Wildman–Crippen LogP) is 2.16. The first kappa shape index (κ1) is 12.6. The first-order chi connectivity index (χ1) is 7.43. The molecule has 1 aromatic carbocycles. The second-order valence-corrected chi connectivity index (χ2v) is 3.48. The lowest BCUT2D eigenvalue weighted by Crippen LogP contribution is -2.10. The maximum absolute atomic E-state index is 10.7. The van der Waals surface area contributed by atoms with Crippen molar-refractivity contribution in [2.45, 2.75) is 0 Å². The quantitative estimate of drug-likeness (QED) is 0.871. The predicted molar refractivity (Wildman–Crippen MR) is 56.6 cm³/mol. The normalized spacial score (nSPS) is 9.88. The molecule has 0 aromatic heterocycles. The van der Waals surface area contributed by atoms with Crippen LogP contribution in [0.1, 0.15) is 10.4 Å². The molecule has 5 nitrogen and oxygen atoms in total. The third-order valence-corrected chi connectivity index (χ3v) is 2.49. The first-order valence-corrected chi connectivity index (χ1v) is 4.75. The van der Waals surface area contributed by atoms with Crippen LogP contribution in [0.2, 0.25) is 10.0 Å². The highest BCUT2D eigenvalue weighted by atomic mass is 35.5. The van der Waals surface area contributed by atoms with Gasteiger partial charge in [-0.05, 0) is 12.1 Å². The van der Waals surface area contributed by atoms with Crippen LogP contribution in [0.15, 0.2) is 12.1 Å². The number of carboxylic acid groups (broad SMARTS) is 2. The number of rotatable bonds is 4. The van der Waals surface area contributed by atoms with Gasteiger partial charge in [0.1, 0.15) is 10.8 Å². The number of hydrogen-bond acceptors (Lipinski definition) is 3. The van der Waals surface area contributed by atoms with Crippen molar-refractivity contribution in [1.82, 2.24) is 0 Å². The second-order valence-electron chi connectivity index (χ2n) is 2.73. The molecule has 0 amide bonds. The molecule has 0 spiro atoms. The molecule has 16 heavy (non-hydrogen) atoms. The van der Waals surface area contributed by atoms with Gasteiger partial charge in [0, 0.05) is 0 Å². The highest BCUT2D eigenvalue weighted by Gasteiger charge is 2.16. The van der Waals surface area contributed by atoms with E-state index in [-0.39, 0.29) is 21.4 Å². The third kappa shape index (κ3) is 2.77. The first-order valence-electron chi connectivity index (χ1n) is 3.99. The summed E-state index contributed by atoms with van der Waals surface area (Å²) in [6, 6.07) is 2.44. The number of benzene rings is 1. The SMILES string of the molecule is O=C(O)COc1ccc(C(=O)O)c(Cl)c1Cl. The Morgan fingerprint density at radius 2 is 1.81 bits per heavy atom. The summed E-state index contributed by atoms with van der Waals surface area (Å²) >= 11 is 11.4. The molecule has 0 fully saturated rings. The molecule has 1 aromatic rings. The standard InChI is InChI=1S/C9H6Cl2O5/c10-7-4(9(14)15)1-2-5(8(7)11)16-3-6(12)13/h1-2H,3H2,(H,12,13)(H,14,15). The van der Waals surface area contributed by atoms with Gasteiger partial charge in [-0.1, -0.05) is 23.2 Å². The Morgan fingerprint density at radius 1 is 1.19 bits per heavy atom. The lowest BCUT2D eigenvalue weighted by atomic mass is 10.2. The Morgan fingerprint density at radius 3 is 2.31 bits per heavy atom. The van der Waals surface area contributed by atoms with E-state index in [4.69, 9.17) is 38.2 Å². The summed E-state index contributed by atoms with van der Waals surface area (Å²) in [6.07, 6.45) is 0. The number of hydrogen-bond donors (Lipinski definition) is 2. The molecule has 86 valence electrons. The summed E-state index contributed by atoms with van der Waals surface area (Å²) in [4.78, 5) is 20.9. The number of halogens is 2. The Labute approximate surface area is 100 Å². The van der Waals surface area contributed by atoms with Crippen LogP contribution in [0.4, 0.5) is 0 Å². The van der Waals surface area contributed by atoms with Crippen LogP contribution < -0.4 is 4.74 Å². The fourth-order valence-corrected chi connectivity index (χ4v) is 1.40. The lowest BCUT2D eigenvalue weighted by molar-refractivity contribution is -0.139. The summed E-state index contributed by atoms with van der Waals surface area (Å²) in [5.41, 5.74) is -0.172. The van der Waals surface area contributed by atoms with Gasteiger partial charge in [-0.25, -0.2) is 9.59 Å². The van der Waals surface area contributed by atoms with E-state index in [0.717, 1.165) is 0 Å². The minimum absolute atomic E-state index is 0.0269. The minimum atomic E-state index is -1.23. The van der Waals surface area contributed by atoms with Gasteiger partial charge < -0.3 is 14.9 Å². The van der Waals surface area contributed by atoms with Crippen LogP contribution in [-0.4, -0.2) is 28.8 Å². The van der Waals surface area contributed by atoms with E-state index >= 15 is 0 Å². The molecule has 0 unspecified atom stereocenters. The van der Waals surface area contributed by atoms with Gasteiger partial charge in [-0.2, -0.15) is 0 Å². The highest BCUT2D eigenvalue weighted by molar-refractivity contribution is 6.44. The van der Waals surface area contributed by atoms with E-state index in [1.165, 1.54) is 12.1 Å². The summed E-state index contributed by atoms with van der Waals surface area (Å²) in [6.45, 7) is -0.581. The van der Waals surface area contributed by atoms with Crippen LogP contribution in [-0.2, 0) is 4.79 Å². The van der Waals surface area contributed by atoms with Crippen molar-refractivity contribution in [2.75, 3.05) is 6.61 Å². The van der Waals surface area contributed by atoms with Crippen molar-refractivity contribution in [3.63, 3.8) is 0 Å². The van der Waals surface area contributed by atoms with Crippen LogP contribution >= 0.6 is 23.2 Å². The monoisotopic (exact) mass is 264 g/mol. The van der Waals surface area contributed by atoms with Gasteiger partial charge >= 0.3 is 11.9 Å². The van der Waals surface area contributed by atoms with E-state index in [0.29, 0.717) is 0 Å². The van der Waals surface area contributed by atoms with Gasteiger partial charge in [0.25, 0.3) is 0 Å². The Kier molecular flexibility index (Phi) is 3.98. The number of carbonyl (C=O) groups is 2. The van der Waals surface area contributed by atoms with E-state index in [2.05, 4.69) is 0 Å². The average molecular weight is 265 g/mol. The van der Waals surface area contributed by atoms with Crippen molar-refractivity contribution in [3.8, 4) is 5.75 Å². The van der Waals surface area contributed by atoms with E-state index in [1.54, 1.807) is 0 Å². The summed E-state index contributed by atoms with van der Waals surface area (Å²) in [7, 11) is 0. The Bertz CT molecular complexity index is 444. The van der Waals surface area contributed by atoms with Crippen molar-refractivity contribution in [3.05, 3.63) is 27.7 Å². The number of aromatic carboxylic acids is 1. The van der Waals surface area contributed by atoms with Crippen LogP contribution in [0.25, 0.3) is 0 Å². The molecule has 0 aliphatic carbocycles. The molecule has 0 radical (unpaired) electrons. The molecular formula is C9H6Cl2O5. The van der Waals surface area contributed by atoms with Crippen molar-refractivity contribution in [2.24, 2.45) is 0 Å². The van der Waals surface area contributed by atoms with Crippen molar-refractivity contribution < 1.29 is 24.5 Å². The lowest BCUT2D eigenvalue weighted by Gasteiger charge is -2.08. The minimum Gasteiger partial charge on any atom is -0.480 e. The van der Waals surface area contributed by atoms with Crippen LogP contribution in [0.3, 0.4) is 0 Å². The zero-order valence-corrected chi connectivity index (χ0v) is 9.25. The number of aliphatic carboxylic acids is 1. The van der Waals surface area contributed by atoms with Crippen LogP contribution in [0, 0.1) is 0 Å². The molecule has 0 bridgehead atoms. The maximum Gasteiger partial charge on any atom is 0.341 e. The summed E-state index contributed by atoms with van der Waals surface area (Å²) < 4.78 is 4.80. The molecule has 0 saturated carbocycles. The molecular weight excluding hydrogens is 259 g/mol.